The number of nitrogens with one attached hydrogen (secondary N) is 2. The normalized spacial score (nSPS) is 11.9. The standard InChI is InChI=1S/C18H18ClN3O3S/c1-11-15(18(23)21-26(24,25)22(2)3)10-16(14-8-9-20-17(11)14)12-4-6-13(19)7-5-12/h4-10,20H,1-3H3,(H,21,23). The molecule has 3 aromatic rings. The second-order valence-electron chi connectivity index (χ2n) is 6.09. The van der Waals surface area contributed by atoms with Crippen LogP contribution in [0.1, 0.15) is 15.9 Å². The summed E-state index contributed by atoms with van der Waals surface area (Å²) in [5, 5.41) is 1.55. The maximum absolute atomic E-state index is 12.6. The van der Waals surface area contributed by atoms with Gasteiger partial charge >= 0.3 is 10.2 Å². The smallest absolute Gasteiger partial charge is 0.303 e. The number of aryl methyl sites for hydroxylation is 1. The Morgan fingerprint density at radius 3 is 2.42 bits per heavy atom. The molecule has 0 aliphatic heterocycles. The molecular weight excluding hydrogens is 374 g/mol. The Morgan fingerprint density at radius 1 is 1.15 bits per heavy atom. The third-order valence-corrected chi connectivity index (χ3v) is 5.86. The van der Waals surface area contributed by atoms with Gasteiger partial charge in [-0.25, -0.2) is 4.72 Å². The minimum absolute atomic E-state index is 0.287. The molecule has 0 unspecified atom stereocenters. The van der Waals surface area contributed by atoms with Gasteiger partial charge in [-0.15, -0.1) is 0 Å². The predicted octanol–water partition coefficient (Wildman–Crippen LogP) is 3.33. The zero-order valence-electron chi connectivity index (χ0n) is 14.5. The average molecular weight is 392 g/mol. The van der Waals surface area contributed by atoms with Crippen molar-refractivity contribution >= 4 is 38.6 Å². The molecule has 1 heterocycles. The van der Waals surface area contributed by atoms with E-state index in [2.05, 4.69) is 9.71 Å². The molecule has 0 atom stereocenters. The van der Waals surface area contributed by atoms with E-state index >= 15 is 0 Å². The molecule has 1 aromatic heterocycles. The van der Waals surface area contributed by atoms with Crippen LogP contribution in [-0.2, 0) is 10.2 Å². The lowest BCUT2D eigenvalue weighted by Gasteiger charge is -2.15. The molecule has 2 N–H and O–H groups in total. The summed E-state index contributed by atoms with van der Waals surface area (Å²) >= 11 is 5.96. The molecule has 3 rings (SSSR count). The van der Waals surface area contributed by atoms with E-state index in [1.165, 1.54) is 14.1 Å². The summed E-state index contributed by atoms with van der Waals surface area (Å²) in [5.74, 6) is -0.678. The van der Waals surface area contributed by atoms with Crippen LogP contribution >= 0.6 is 11.6 Å². The second kappa shape index (κ2) is 6.75. The summed E-state index contributed by atoms with van der Waals surface area (Å²) in [7, 11) is -1.17. The molecule has 0 spiro atoms. The first kappa shape index (κ1) is 18.4. The van der Waals surface area contributed by atoms with Crippen molar-refractivity contribution in [2.24, 2.45) is 0 Å². The number of aromatic amines is 1. The van der Waals surface area contributed by atoms with Gasteiger partial charge in [0.2, 0.25) is 0 Å². The first-order valence-electron chi connectivity index (χ1n) is 7.82. The van der Waals surface area contributed by atoms with Gasteiger partial charge in [-0.2, -0.15) is 12.7 Å². The van der Waals surface area contributed by atoms with Gasteiger partial charge in [0, 0.05) is 41.8 Å². The molecule has 26 heavy (non-hydrogen) atoms. The largest absolute Gasteiger partial charge is 0.361 e. The predicted molar refractivity (Wildman–Crippen MR) is 104 cm³/mol. The number of aromatic nitrogens is 1. The maximum atomic E-state index is 12.6. The molecular formula is C18H18ClN3O3S. The number of hydrogen-bond acceptors (Lipinski definition) is 3. The number of amides is 1. The lowest BCUT2D eigenvalue weighted by molar-refractivity contribution is 0.0979. The molecule has 136 valence electrons. The Bertz CT molecular complexity index is 1090. The highest BCUT2D eigenvalue weighted by atomic mass is 35.5. The highest BCUT2D eigenvalue weighted by molar-refractivity contribution is 7.87. The van der Waals surface area contributed by atoms with Crippen LogP contribution in [-0.4, -0.2) is 37.7 Å². The summed E-state index contributed by atoms with van der Waals surface area (Å²) in [6.45, 7) is 1.78. The van der Waals surface area contributed by atoms with E-state index in [4.69, 9.17) is 11.6 Å². The quantitative estimate of drug-likeness (QED) is 0.715. The Kier molecular flexibility index (Phi) is 4.79. The third kappa shape index (κ3) is 3.33. The van der Waals surface area contributed by atoms with E-state index < -0.39 is 16.1 Å². The Morgan fingerprint density at radius 2 is 1.81 bits per heavy atom. The fourth-order valence-corrected chi connectivity index (χ4v) is 3.39. The molecule has 0 fully saturated rings. The van der Waals surface area contributed by atoms with Crippen molar-refractivity contribution in [1.29, 1.82) is 0 Å². The minimum Gasteiger partial charge on any atom is -0.361 e. The van der Waals surface area contributed by atoms with E-state index in [1.807, 2.05) is 18.2 Å². The average Bonchev–Trinajstić information content (AvgIpc) is 3.06. The summed E-state index contributed by atoms with van der Waals surface area (Å²) in [6.07, 6.45) is 1.79. The highest BCUT2D eigenvalue weighted by Gasteiger charge is 2.22. The van der Waals surface area contributed by atoms with E-state index in [-0.39, 0.29) is 5.56 Å². The lowest BCUT2D eigenvalue weighted by Crippen LogP contribution is -2.39. The van der Waals surface area contributed by atoms with Crippen LogP contribution in [0, 0.1) is 6.92 Å². The van der Waals surface area contributed by atoms with Crippen LogP contribution in [0.2, 0.25) is 5.02 Å². The Hall–Kier alpha value is -2.35. The number of fused-ring (bicyclic) bond motifs is 1. The monoisotopic (exact) mass is 391 g/mol. The van der Waals surface area contributed by atoms with Crippen LogP contribution in [0.4, 0.5) is 0 Å². The van der Waals surface area contributed by atoms with Crippen molar-refractivity contribution in [2.75, 3.05) is 14.1 Å². The zero-order valence-corrected chi connectivity index (χ0v) is 16.1. The first-order chi connectivity index (χ1) is 12.2. The SMILES string of the molecule is Cc1c(C(=O)NS(=O)(=O)N(C)C)cc(-c2ccc(Cl)cc2)c2cc[nH]c12. The van der Waals surface area contributed by atoms with Gasteiger partial charge in [0.1, 0.15) is 0 Å². The van der Waals surface area contributed by atoms with Crippen molar-refractivity contribution in [3.05, 3.63) is 58.7 Å². The molecule has 0 saturated heterocycles. The minimum atomic E-state index is -3.88. The fraction of sp³-hybridized carbons (Fsp3) is 0.167. The molecule has 0 saturated carbocycles. The van der Waals surface area contributed by atoms with E-state index in [0.29, 0.717) is 10.6 Å². The lowest BCUT2D eigenvalue weighted by atomic mass is 9.95. The summed E-state index contributed by atoms with van der Waals surface area (Å²) < 4.78 is 27.0. The van der Waals surface area contributed by atoms with Crippen molar-refractivity contribution in [2.45, 2.75) is 6.92 Å². The number of halogens is 1. The third-order valence-electron chi connectivity index (χ3n) is 4.21. The Labute approximate surface area is 157 Å². The van der Waals surface area contributed by atoms with Crippen molar-refractivity contribution in [3.63, 3.8) is 0 Å². The number of carbonyl (C=O) groups is 1. The highest BCUT2D eigenvalue weighted by Crippen LogP contribution is 2.33. The molecule has 8 heteroatoms. The maximum Gasteiger partial charge on any atom is 0.303 e. The molecule has 0 bridgehead atoms. The molecule has 2 aromatic carbocycles. The van der Waals surface area contributed by atoms with Crippen LogP contribution in [0.3, 0.4) is 0 Å². The summed E-state index contributed by atoms with van der Waals surface area (Å²) in [4.78, 5) is 15.8. The van der Waals surface area contributed by atoms with Gasteiger partial charge in [0.25, 0.3) is 5.91 Å². The number of hydrogen-bond donors (Lipinski definition) is 2. The van der Waals surface area contributed by atoms with Crippen molar-refractivity contribution in [1.82, 2.24) is 14.0 Å². The molecule has 1 amide bonds. The number of carbonyl (C=O) groups excluding carboxylic acids is 1. The number of H-pyrrole nitrogens is 1. The molecule has 0 aliphatic rings. The van der Waals surface area contributed by atoms with E-state index in [0.717, 1.165) is 26.3 Å². The van der Waals surface area contributed by atoms with Gasteiger partial charge in [-0.1, -0.05) is 23.7 Å². The van der Waals surface area contributed by atoms with Crippen LogP contribution in [0.25, 0.3) is 22.0 Å². The van der Waals surface area contributed by atoms with E-state index in [9.17, 15) is 13.2 Å². The van der Waals surface area contributed by atoms with Crippen LogP contribution < -0.4 is 4.72 Å². The van der Waals surface area contributed by atoms with E-state index in [1.54, 1.807) is 31.3 Å². The van der Waals surface area contributed by atoms with Gasteiger partial charge < -0.3 is 4.98 Å². The number of benzene rings is 2. The number of rotatable bonds is 4. The summed E-state index contributed by atoms with van der Waals surface area (Å²) in [5.41, 5.74) is 3.44. The number of nitrogens with zero attached hydrogens (tertiary/aromatic N) is 1. The fourth-order valence-electron chi connectivity index (χ4n) is 2.74. The van der Waals surface area contributed by atoms with Crippen LogP contribution in [0.5, 0.6) is 0 Å². The van der Waals surface area contributed by atoms with Gasteiger partial charge in [-0.3, -0.25) is 4.79 Å². The topological polar surface area (TPSA) is 82.3 Å². The molecule has 0 aliphatic carbocycles. The van der Waals surface area contributed by atoms with Gasteiger partial charge in [-0.05, 0) is 47.9 Å². The molecule has 6 nitrogen and oxygen atoms in total. The van der Waals surface area contributed by atoms with Crippen molar-refractivity contribution in [3.8, 4) is 11.1 Å². The Balaban J connectivity index is 2.16. The summed E-state index contributed by atoms with van der Waals surface area (Å²) in [6, 6.07) is 10.9. The van der Waals surface area contributed by atoms with Crippen LogP contribution in [0.15, 0.2) is 42.6 Å². The van der Waals surface area contributed by atoms with Crippen molar-refractivity contribution < 1.29 is 13.2 Å². The zero-order chi connectivity index (χ0) is 19.1. The van der Waals surface area contributed by atoms with Gasteiger partial charge in [0.05, 0.1) is 0 Å². The first-order valence-corrected chi connectivity index (χ1v) is 9.63. The van der Waals surface area contributed by atoms with Gasteiger partial charge in [0.15, 0.2) is 0 Å². The second-order valence-corrected chi connectivity index (χ2v) is 8.41. The molecule has 0 radical (unpaired) electrons.